The molecule has 6 heteroatoms. The zero-order valence-electron chi connectivity index (χ0n) is 14.9. The first-order chi connectivity index (χ1) is 11.6. The van der Waals surface area contributed by atoms with Crippen molar-refractivity contribution in [1.82, 2.24) is 15.1 Å². The maximum Gasteiger partial charge on any atom is 0.409 e. The molecule has 1 fully saturated rings. The van der Waals surface area contributed by atoms with Crippen molar-refractivity contribution in [3.8, 4) is 0 Å². The van der Waals surface area contributed by atoms with Crippen molar-refractivity contribution in [3.05, 3.63) is 35.4 Å². The van der Waals surface area contributed by atoms with Crippen molar-refractivity contribution in [2.45, 2.75) is 20.3 Å². The van der Waals surface area contributed by atoms with Gasteiger partial charge in [-0.25, -0.2) is 4.79 Å². The summed E-state index contributed by atoms with van der Waals surface area (Å²) in [6.07, 6.45) is 0.738. The number of hydrogen-bond acceptors (Lipinski definition) is 3. The molecule has 1 aromatic rings. The largest absolute Gasteiger partial charge is 0.450 e. The van der Waals surface area contributed by atoms with Gasteiger partial charge in [-0.15, -0.1) is 0 Å². The summed E-state index contributed by atoms with van der Waals surface area (Å²) in [7, 11) is 1.80. The van der Waals surface area contributed by atoms with E-state index in [9.17, 15) is 4.79 Å². The summed E-state index contributed by atoms with van der Waals surface area (Å²) >= 11 is 0. The summed E-state index contributed by atoms with van der Waals surface area (Å²) in [5.74, 6) is 0.894. The lowest BCUT2D eigenvalue weighted by Crippen LogP contribution is -2.54. The molecule has 2 rings (SSSR count). The first kappa shape index (κ1) is 18.1. The molecule has 0 spiro atoms. The van der Waals surface area contributed by atoms with Gasteiger partial charge in [0.1, 0.15) is 0 Å². The minimum absolute atomic E-state index is 0.223. The first-order valence-corrected chi connectivity index (χ1v) is 8.57. The van der Waals surface area contributed by atoms with Crippen LogP contribution < -0.4 is 5.32 Å². The van der Waals surface area contributed by atoms with E-state index in [0.29, 0.717) is 19.7 Å². The summed E-state index contributed by atoms with van der Waals surface area (Å²) in [5, 5.41) is 3.41. The van der Waals surface area contributed by atoms with Gasteiger partial charge in [0.15, 0.2) is 5.96 Å². The molecule has 1 aliphatic heterocycles. The molecule has 0 aliphatic carbocycles. The van der Waals surface area contributed by atoms with Crippen LogP contribution in [0.5, 0.6) is 0 Å². The van der Waals surface area contributed by atoms with Gasteiger partial charge in [-0.1, -0.05) is 29.8 Å². The molecule has 24 heavy (non-hydrogen) atoms. The monoisotopic (exact) mass is 332 g/mol. The number of rotatable bonds is 4. The minimum atomic E-state index is -0.223. The fourth-order valence-electron chi connectivity index (χ4n) is 2.72. The fourth-order valence-corrected chi connectivity index (χ4v) is 2.72. The third kappa shape index (κ3) is 5.15. The number of benzene rings is 1. The van der Waals surface area contributed by atoms with Crippen LogP contribution in [0, 0.1) is 6.92 Å². The van der Waals surface area contributed by atoms with Crippen LogP contribution in [0.25, 0.3) is 0 Å². The quantitative estimate of drug-likeness (QED) is 0.676. The second-order valence-corrected chi connectivity index (χ2v) is 5.88. The predicted octanol–water partition coefficient (Wildman–Crippen LogP) is 1.89. The van der Waals surface area contributed by atoms with Crippen LogP contribution in [0.1, 0.15) is 18.1 Å². The molecule has 1 saturated heterocycles. The number of aryl methyl sites for hydroxylation is 1. The van der Waals surface area contributed by atoms with Crippen molar-refractivity contribution in [3.63, 3.8) is 0 Å². The van der Waals surface area contributed by atoms with E-state index in [1.165, 1.54) is 11.1 Å². The molecule has 1 heterocycles. The summed E-state index contributed by atoms with van der Waals surface area (Å²) < 4.78 is 5.05. The van der Waals surface area contributed by atoms with Crippen LogP contribution in [0.4, 0.5) is 4.79 Å². The van der Waals surface area contributed by atoms with E-state index in [2.05, 4.69) is 46.4 Å². The van der Waals surface area contributed by atoms with Crippen molar-refractivity contribution in [2.24, 2.45) is 4.99 Å². The normalized spacial score (nSPS) is 15.4. The Hall–Kier alpha value is -2.24. The molecule has 1 aliphatic rings. The molecule has 1 amide bonds. The van der Waals surface area contributed by atoms with E-state index in [1.54, 1.807) is 11.9 Å². The van der Waals surface area contributed by atoms with Gasteiger partial charge in [0, 0.05) is 39.8 Å². The lowest BCUT2D eigenvalue weighted by molar-refractivity contribution is 0.0915. The van der Waals surface area contributed by atoms with E-state index < -0.39 is 0 Å². The highest BCUT2D eigenvalue weighted by atomic mass is 16.6. The topological polar surface area (TPSA) is 57.2 Å². The van der Waals surface area contributed by atoms with Crippen LogP contribution in [-0.2, 0) is 11.2 Å². The standard InChI is InChI=1S/C18H28N4O2/c1-4-24-18(23)22-13-11-21(12-14-22)17(19-3)20-10-9-16-7-5-15(2)6-8-16/h5-8H,4,9-14H2,1-3H3,(H,19,20). The van der Waals surface area contributed by atoms with Crippen molar-refractivity contribution < 1.29 is 9.53 Å². The van der Waals surface area contributed by atoms with E-state index in [4.69, 9.17) is 4.74 Å². The number of piperazine rings is 1. The number of nitrogens with one attached hydrogen (secondary N) is 1. The van der Waals surface area contributed by atoms with Gasteiger partial charge in [-0.3, -0.25) is 4.99 Å². The van der Waals surface area contributed by atoms with Crippen molar-refractivity contribution >= 4 is 12.1 Å². The Morgan fingerprint density at radius 2 is 1.79 bits per heavy atom. The van der Waals surface area contributed by atoms with Crippen LogP contribution in [0.2, 0.25) is 0 Å². The maximum absolute atomic E-state index is 11.7. The van der Waals surface area contributed by atoms with E-state index >= 15 is 0 Å². The zero-order chi connectivity index (χ0) is 17.4. The molecular weight excluding hydrogens is 304 g/mol. The number of nitrogens with zero attached hydrogens (tertiary/aromatic N) is 3. The van der Waals surface area contributed by atoms with Gasteiger partial charge in [-0.05, 0) is 25.8 Å². The third-order valence-corrected chi connectivity index (χ3v) is 4.13. The summed E-state index contributed by atoms with van der Waals surface area (Å²) in [5.41, 5.74) is 2.60. The lowest BCUT2D eigenvalue weighted by Gasteiger charge is -2.35. The zero-order valence-corrected chi connectivity index (χ0v) is 14.9. The predicted molar refractivity (Wildman–Crippen MR) is 96.4 cm³/mol. The Kier molecular flexibility index (Phi) is 6.90. The molecule has 6 nitrogen and oxygen atoms in total. The molecule has 1 N–H and O–H groups in total. The van der Waals surface area contributed by atoms with Gasteiger partial charge in [0.05, 0.1) is 6.61 Å². The number of hydrogen-bond donors (Lipinski definition) is 1. The summed E-state index contributed by atoms with van der Waals surface area (Å²) in [4.78, 5) is 20.0. The van der Waals surface area contributed by atoms with Crippen molar-refractivity contribution in [2.75, 3.05) is 46.4 Å². The van der Waals surface area contributed by atoms with Gasteiger partial charge < -0.3 is 19.9 Å². The van der Waals surface area contributed by atoms with E-state index in [0.717, 1.165) is 32.0 Å². The minimum Gasteiger partial charge on any atom is -0.450 e. The Morgan fingerprint density at radius 3 is 2.38 bits per heavy atom. The Balaban J connectivity index is 1.76. The van der Waals surface area contributed by atoms with Gasteiger partial charge in [-0.2, -0.15) is 0 Å². The average molecular weight is 332 g/mol. The summed E-state index contributed by atoms with van der Waals surface area (Å²) in [6.45, 7) is 8.05. The lowest BCUT2D eigenvalue weighted by atomic mass is 10.1. The second-order valence-electron chi connectivity index (χ2n) is 5.88. The van der Waals surface area contributed by atoms with Gasteiger partial charge >= 0.3 is 6.09 Å². The molecular formula is C18H28N4O2. The molecule has 0 atom stereocenters. The van der Waals surface area contributed by atoms with Gasteiger partial charge in [0.2, 0.25) is 0 Å². The molecule has 0 aromatic heterocycles. The van der Waals surface area contributed by atoms with E-state index in [-0.39, 0.29) is 6.09 Å². The van der Waals surface area contributed by atoms with Crippen LogP contribution in [-0.4, -0.2) is 68.2 Å². The number of carbonyl (C=O) groups is 1. The second kappa shape index (κ2) is 9.15. The molecule has 1 aromatic carbocycles. The third-order valence-electron chi connectivity index (χ3n) is 4.13. The first-order valence-electron chi connectivity index (χ1n) is 8.57. The number of aliphatic imine (C=N–C) groups is 1. The van der Waals surface area contributed by atoms with Crippen LogP contribution in [0.3, 0.4) is 0 Å². The molecule has 0 bridgehead atoms. The molecule has 132 valence electrons. The SMILES string of the molecule is CCOC(=O)N1CCN(C(=NC)NCCc2ccc(C)cc2)CC1. The van der Waals surface area contributed by atoms with Crippen LogP contribution in [0.15, 0.2) is 29.3 Å². The Morgan fingerprint density at radius 1 is 1.17 bits per heavy atom. The van der Waals surface area contributed by atoms with Crippen molar-refractivity contribution in [1.29, 1.82) is 0 Å². The number of amides is 1. The highest BCUT2D eigenvalue weighted by Gasteiger charge is 2.23. The summed E-state index contributed by atoms with van der Waals surface area (Å²) in [6, 6.07) is 8.60. The van der Waals surface area contributed by atoms with E-state index in [1.807, 2.05) is 6.92 Å². The Labute approximate surface area is 144 Å². The number of guanidine groups is 1. The Bertz CT molecular complexity index is 549. The fraction of sp³-hybridized carbons (Fsp3) is 0.556. The average Bonchev–Trinajstić information content (AvgIpc) is 2.61. The molecule has 0 saturated carbocycles. The number of ether oxygens (including phenoxy) is 1. The smallest absolute Gasteiger partial charge is 0.409 e. The highest BCUT2D eigenvalue weighted by Crippen LogP contribution is 2.05. The van der Waals surface area contributed by atoms with Crippen LogP contribution >= 0.6 is 0 Å². The highest BCUT2D eigenvalue weighted by molar-refractivity contribution is 5.80. The van der Waals surface area contributed by atoms with Gasteiger partial charge in [0.25, 0.3) is 0 Å². The molecule has 0 unspecified atom stereocenters. The number of carbonyl (C=O) groups excluding carboxylic acids is 1. The maximum atomic E-state index is 11.7. The molecule has 0 radical (unpaired) electrons.